The van der Waals surface area contributed by atoms with Gasteiger partial charge in [-0.25, -0.2) is 0 Å². The van der Waals surface area contributed by atoms with Crippen LogP contribution in [0.2, 0.25) is 0 Å². The van der Waals surface area contributed by atoms with Gasteiger partial charge in [-0.3, -0.25) is 0 Å². The Morgan fingerprint density at radius 1 is 1.25 bits per heavy atom. The van der Waals surface area contributed by atoms with E-state index in [2.05, 4.69) is 13.2 Å². The quantitative estimate of drug-likeness (QED) is 0.614. The molecule has 0 aromatic rings. The summed E-state index contributed by atoms with van der Waals surface area (Å²) in [5, 5.41) is 9.78. The van der Waals surface area contributed by atoms with Crippen molar-refractivity contribution in [3.8, 4) is 0 Å². The predicted molar refractivity (Wildman–Crippen MR) is 52.8 cm³/mol. The van der Waals surface area contributed by atoms with Gasteiger partial charge in [0.25, 0.3) is 0 Å². The molecular formula is C10H19NO. The van der Waals surface area contributed by atoms with Gasteiger partial charge in [-0.2, -0.15) is 0 Å². The molecule has 0 aromatic carbocycles. The number of nitrogens with two attached hydrogens (primary N) is 1. The van der Waals surface area contributed by atoms with Crippen molar-refractivity contribution in [3.63, 3.8) is 0 Å². The first-order valence-corrected chi connectivity index (χ1v) is 4.10. The van der Waals surface area contributed by atoms with E-state index in [1.54, 1.807) is 26.0 Å². The Hall–Kier alpha value is -0.600. The number of hydrogen-bond donors (Lipinski definition) is 2. The summed E-state index contributed by atoms with van der Waals surface area (Å²) in [6, 6.07) is 0. The molecule has 0 spiro atoms. The van der Waals surface area contributed by atoms with E-state index in [0.717, 1.165) is 0 Å². The zero-order chi connectivity index (χ0) is 9.83. The summed E-state index contributed by atoms with van der Waals surface area (Å²) in [5.74, 6) is 0. The largest absolute Gasteiger partial charge is 0.389 e. The molecule has 12 heavy (non-hydrogen) atoms. The van der Waals surface area contributed by atoms with Gasteiger partial charge in [0.05, 0.1) is 11.1 Å². The van der Waals surface area contributed by atoms with Crippen LogP contribution < -0.4 is 5.73 Å². The van der Waals surface area contributed by atoms with Crippen molar-refractivity contribution in [1.82, 2.24) is 0 Å². The summed E-state index contributed by atoms with van der Waals surface area (Å²) in [4.78, 5) is 0. The predicted octanol–water partition coefficient (Wildman–Crippen LogP) is 1.61. The van der Waals surface area contributed by atoms with E-state index in [0.29, 0.717) is 12.8 Å². The highest BCUT2D eigenvalue weighted by molar-refractivity contribution is 5.05. The molecular weight excluding hydrogens is 150 g/mol. The highest BCUT2D eigenvalue weighted by Crippen LogP contribution is 2.26. The van der Waals surface area contributed by atoms with Gasteiger partial charge in [0, 0.05) is 0 Å². The number of rotatable bonds is 5. The molecule has 2 nitrogen and oxygen atoms in total. The molecule has 0 amide bonds. The highest BCUT2D eigenvalue weighted by atomic mass is 16.3. The van der Waals surface area contributed by atoms with Gasteiger partial charge < -0.3 is 10.8 Å². The maximum Gasteiger partial charge on any atom is 0.0776 e. The van der Waals surface area contributed by atoms with Gasteiger partial charge in [0.2, 0.25) is 0 Å². The Kier molecular flexibility index (Phi) is 3.68. The molecule has 0 heterocycles. The van der Waals surface area contributed by atoms with Crippen LogP contribution in [0.4, 0.5) is 0 Å². The molecule has 0 unspecified atom stereocenters. The normalized spacial score (nSPS) is 12.7. The first kappa shape index (κ1) is 11.4. The summed E-state index contributed by atoms with van der Waals surface area (Å²) in [6.07, 6.45) is 4.62. The fourth-order valence-corrected chi connectivity index (χ4v) is 1.10. The molecule has 2 heteroatoms. The summed E-state index contributed by atoms with van der Waals surface area (Å²) < 4.78 is 0. The van der Waals surface area contributed by atoms with Crippen molar-refractivity contribution in [2.24, 2.45) is 5.73 Å². The van der Waals surface area contributed by atoms with Crippen LogP contribution in [-0.4, -0.2) is 16.2 Å². The van der Waals surface area contributed by atoms with Crippen molar-refractivity contribution in [3.05, 3.63) is 25.3 Å². The average Bonchev–Trinajstić information content (AvgIpc) is 1.86. The third-order valence-electron chi connectivity index (χ3n) is 2.24. The van der Waals surface area contributed by atoms with Gasteiger partial charge in [0.1, 0.15) is 0 Å². The maximum atomic E-state index is 9.78. The molecule has 0 aliphatic rings. The second kappa shape index (κ2) is 3.87. The molecule has 0 saturated heterocycles. The molecule has 3 N–H and O–H groups in total. The van der Waals surface area contributed by atoms with Crippen LogP contribution in [0.5, 0.6) is 0 Å². The second-order valence-corrected chi connectivity index (χ2v) is 3.70. The van der Waals surface area contributed by atoms with Crippen molar-refractivity contribution < 1.29 is 5.11 Å². The molecule has 0 aromatic heterocycles. The van der Waals surface area contributed by atoms with E-state index in [4.69, 9.17) is 5.73 Å². The Balaban J connectivity index is 4.59. The van der Waals surface area contributed by atoms with Crippen LogP contribution in [0.15, 0.2) is 25.3 Å². The van der Waals surface area contributed by atoms with Gasteiger partial charge in [-0.1, -0.05) is 12.2 Å². The van der Waals surface area contributed by atoms with Crippen LogP contribution in [0, 0.1) is 0 Å². The lowest BCUT2D eigenvalue weighted by molar-refractivity contribution is -0.000300. The molecule has 0 bridgehead atoms. The molecule has 0 saturated carbocycles. The SMILES string of the molecule is C=CCC(N)(CC=C)C(C)(C)O. The minimum Gasteiger partial charge on any atom is -0.389 e. The standard InChI is InChI=1S/C10H19NO/c1-5-7-10(11,8-6-2)9(3,4)12/h5-6,12H,1-2,7-8,11H2,3-4H3. The monoisotopic (exact) mass is 169 g/mol. The van der Waals surface area contributed by atoms with Crippen LogP contribution in [0.3, 0.4) is 0 Å². The van der Waals surface area contributed by atoms with Gasteiger partial charge >= 0.3 is 0 Å². The summed E-state index contributed by atoms with van der Waals surface area (Å²) in [7, 11) is 0. The van der Waals surface area contributed by atoms with Crippen molar-refractivity contribution >= 4 is 0 Å². The summed E-state index contributed by atoms with van der Waals surface area (Å²) in [5.41, 5.74) is 4.45. The molecule has 0 atom stereocenters. The minimum absolute atomic E-state index is 0.586. The van der Waals surface area contributed by atoms with Crippen molar-refractivity contribution in [2.75, 3.05) is 0 Å². The first-order valence-electron chi connectivity index (χ1n) is 4.10. The van der Waals surface area contributed by atoms with Crippen molar-refractivity contribution in [2.45, 2.75) is 37.8 Å². The van der Waals surface area contributed by atoms with Gasteiger partial charge in [-0.05, 0) is 26.7 Å². The lowest BCUT2D eigenvalue weighted by Gasteiger charge is -2.39. The maximum absolute atomic E-state index is 9.78. The van der Waals surface area contributed by atoms with E-state index in [9.17, 15) is 5.11 Å². The third-order valence-corrected chi connectivity index (χ3v) is 2.24. The zero-order valence-electron chi connectivity index (χ0n) is 8.01. The van der Waals surface area contributed by atoms with Gasteiger partial charge in [0.15, 0.2) is 0 Å². The molecule has 0 aliphatic heterocycles. The van der Waals surface area contributed by atoms with E-state index >= 15 is 0 Å². The second-order valence-electron chi connectivity index (χ2n) is 3.70. The lowest BCUT2D eigenvalue weighted by atomic mass is 9.78. The van der Waals surface area contributed by atoms with E-state index in [1.165, 1.54) is 0 Å². The Morgan fingerprint density at radius 3 is 1.75 bits per heavy atom. The van der Waals surface area contributed by atoms with E-state index < -0.39 is 11.1 Å². The fraction of sp³-hybridized carbons (Fsp3) is 0.600. The van der Waals surface area contributed by atoms with Crippen LogP contribution in [0.25, 0.3) is 0 Å². The minimum atomic E-state index is -0.907. The topological polar surface area (TPSA) is 46.2 Å². The Morgan fingerprint density at radius 2 is 1.58 bits per heavy atom. The summed E-state index contributed by atoms with van der Waals surface area (Å²) in [6.45, 7) is 10.6. The lowest BCUT2D eigenvalue weighted by Crippen LogP contribution is -2.56. The van der Waals surface area contributed by atoms with Crippen LogP contribution in [-0.2, 0) is 0 Å². The Bertz CT molecular complexity index is 157. The number of hydrogen-bond acceptors (Lipinski definition) is 2. The van der Waals surface area contributed by atoms with Crippen molar-refractivity contribution in [1.29, 1.82) is 0 Å². The smallest absolute Gasteiger partial charge is 0.0776 e. The molecule has 0 radical (unpaired) electrons. The molecule has 0 aliphatic carbocycles. The van der Waals surface area contributed by atoms with Crippen LogP contribution >= 0.6 is 0 Å². The molecule has 70 valence electrons. The van der Waals surface area contributed by atoms with E-state index in [-0.39, 0.29) is 0 Å². The fourth-order valence-electron chi connectivity index (χ4n) is 1.10. The van der Waals surface area contributed by atoms with E-state index in [1.807, 2.05) is 0 Å². The zero-order valence-corrected chi connectivity index (χ0v) is 8.01. The molecule has 0 rings (SSSR count). The first-order chi connectivity index (χ1) is 5.37. The van der Waals surface area contributed by atoms with Gasteiger partial charge in [-0.15, -0.1) is 13.2 Å². The van der Waals surface area contributed by atoms with Crippen LogP contribution in [0.1, 0.15) is 26.7 Å². The average molecular weight is 169 g/mol. The highest BCUT2D eigenvalue weighted by Gasteiger charge is 2.37. The Labute approximate surface area is 74.8 Å². The molecule has 0 fully saturated rings. The third kappa shape index (κ3) is 2.47. The number of aliphatic hydroxyl groups is 1. The summed E-state index contributed by atoms with van der Waals surface area (Å²) >= 11 is 0.